The van der Waals surface area contributed by atoms with Gasteiger partial charge in [-0.15, -0.1) is 0 Å². The fourth-order valence-electron chi connectivity index (χ4n) is 2.41. The summed E-state index contributed by atoms with van der Waals surface area (Å²) in [6.07, 6.45) is 2.41. The molecule has 1 rings (SSSR count). The van der Waals surface area contributed by atoms with E-state index in [2.05, 4.69) is 16.8 Å². The van der Waals surface area contributed by atoms with Crippen molar-refractivity contribution in [1.29, 1.82) is 5.26 Å². The minimum absolute atomic E-state index is 0.215. The van der Waals surface area contributed by atoms with E-state index in [0.29, 0.717) is 6.54 Å². The Balaban J connectivity index is 2.79. The Morgan fingerprint density at radius 3 is 2.58 bits per heavy atom. The molecule has 8 nitrogen and oxygen atoms in total. The molecule has 0 aliphatic rings. The van der Waals surface area contributed by atoms with Gasteiger partial charge in [0.15, 0.2) is 6.61 Å². The van der Waals surface area contributed by atoms with Crippen LogP contribution in [0.2, 0.25) is 0 Å². The molecular formula is C18H24N4O4. The van der Waals surface area contributed by atoms with Gasteiger partial charge < -0.3 is 14.6 Å². The Labute approximate surface area is 152 Å². The molecule has 0 radical (unpaired) electrons. The van der Waals surface area contributed by atoms with Crippen LogP contribution in [0.1, 0.15) is 37.2 Å². The van der Waals surface area contributed by atoms with Crippen LogP contribution in [0, 0.1) is 25.2 Å². The van der Waals surface area contributed by atoms with Crippen LogP contribution in [0.4, 0.5) is 4.79 Å². The van der Waals surface area contributed by atoms with Crippen LogP contribution in [-0.2, 0) is 20.9 Å². The van der Waals surface area contributed by atoms with Crippen LogP contribution in [0.15, 0.2) is 11.6 Å². The molecule has 0 aliphatic carbocycles. The highest BCUT2D eigenvalue weighted by Gasteiger charge is 2.16. The molecule has 0 bridgehead atoms. The van der Waals surface area contributed by atoms with E-state index in [0.717, 1.165) is 29.9 Å². The molecule has 0 spiro atoms. The minimum atomic E-state index is -0.918. The van der Waals surface area contributed by atoms with Gasteiger partial charge >= 0.3 is 12.0 Å². The van der Waals surface area contributed by atoms with Crippen molar-refractivity contribution in [1.82, 2.24) is 15.2 Å². The first-order valence-corrected chi connectivity index (χ1v) is 8.37. The van der Waals surface area contributed by atoms with E-state index in [4.69, 9.17) is 4.74 Å². The largest absolute Gasteiger partial charge is 0.451 e. The van der Waals surface area contributed by atoms with E-state index < -0.39 is 24.5 Å². The smallest absolute Gasteiger partial charge is 0.349 e. The maximum absolute atomic E-state index is 12.0. The fraction of sp³-hybridized carbons (Fsp3) is 0.444. The van der Waals surface area contributed by atoms with E-state index in [1.165, 1.54) is 6.08 Å². The van der Waals surface area contributed by atoms with Crippen molar-refractivity contribution in [3.63, 3.8) is 0 Å². The SMILES string of the molecule is CCCn1c(C)cc(/C=C(\C#N)C(=O)OCC(=O)NC(=O)NCC)c1C. The monoisotopic (exact) mass is 360 g/mol. The maximum atomic E-state index is 12.0. The Bertz CT molecular complexity index is 756. The zero-order chi connectivity index (χ0) is 19.7. The number of hydrogen-bond acceptors (Lipinski definition) is 5. The van der Waals surface area contributed by atoms with Crippen molar-refractivity contribution in [2.24, 2.45) is 0 Å². The summed E-state index contributed by atoms with van der Waals surface area (Å²) in [4.78, 5) is 34.7. The van der Waals surface area contributed by atoms with Crippen molar-refractivity contribution in [3.8, 4) is 6.07 Å². The highest BCUT2D eigenvalue weighted by Crippen LogP contribution is 2.19. The van der Waals surface area contributed by atoms with E-state index >= 15 is 0 Å². The summed E-state index contributed by atoms with van der Waals surface area (Å²) in [7, 11) is 0. The molecule has 0 unspecified atom stereocenters. The van der Waals surface area contributed by atoms with Gasteiger partial charge in [0.25, 0.3) is 5.91 Å². The van der Waals surface area contributed by atoms with Gasteiger partial charge in [-0.25, -0.2) is 9.59 Å². The van der Waals surface area contributed by atoms with E-state index in [-0.39, 0.29) is 5.57 Å². The number of rotatable bonds is 7. The number of ether oxygens (including phenoxy) is 1. The molecule has 0 saturated carbocycles. The van der Waals surface area contributed by atoms with Crippen LogP contribution in [0.5, 0.6) is 0 Å². The normalized spacial score (nSPS) is 10.8. The van der Waals surface area contributed by atoms with Gasteiger partial charge in [0.2, 0.25) is 0 Å². The highest BCUT2D eigenvalue weighted by molar-refractivity contribution is 6.00. The number of carbonyl (C=O) groups excluding carboxylic acids is 3. The number of carbonyl (C=O) groups is 3. The molecule has 1 aromatic rings. The number of nitriles is 1. The molecule has 0 aliphatic heterocycles. The first-order valence-electron chi connectivity index (χ1n) is 8.37. The molecule has 0 atom stereocenters. The number of hydrogen-bond donors (Lipinski definition) is 2. The summed E-state index contributed by atoms with van der Waals surface area (Å²) >= 11 is 0. The highest BCUT2D eigenvalue weighted by atomic mass is 16.5. The minimum Gasteiger partial charge on any atom is -0.451 e. The number of nitrogens with zero attached hydrogens (tertiary/aromatic N) is 2. The molecule has 3 amide bonds. The number of aromatic nitrogens is 1. The number of esters is 1. The third kappa shape index (κ3) is 5.77. The first-order chi connectivity index (χ1) is 12.3. The molecule has 0 saturated heterocycles. The number of nitrogens with one attached hydrogen (secondary N) is 2. The standard InChI is InChI=1S/C18H24N4O4/c1-5-7-22-12(3)8-14(13(22)4)9-15(10-19)17(24)26-11-16(23)21-18(25)20-6-2/h8-9H,5-7,11H2,1-4H3,(H2,20,21,23,25)/b15-9+. The predicted octanol–water partition coefficient (Wildman–Crippen LogP) is 1.81. The molecule has 26 heavy (non-hydrogen) atoms. The quantitative estimate of drug-likeness (QED) is 0.437. The molecule has 1 aromatic heterocycles. The summed E-state index contributed by atoms with van der Waals surface area (Å²) in [6, 6.07) is 3.00. The summed E-state index contributed by atoms with van der Waals surface area (Å²) in [6.45, 7) is 8.19. The zero-order valence-electron chi connectivity index (χ0n) is 15.5. The Kier molecular flexibility index (Phi) is 8.09. The molecule has 8 heteroatoms. The van der Waals surface area contributed by atoms with Gasteiger partial charge in [0.1, 0.15) is 11.6 Å². The second-order valence-corrected chi connectivity index (χ2v) is 5.63. The molecule has 1 heterocycles. The van der Waals surface area contributed by atoms with Crippen molar-refractivity contribution >= 4 is 24.0 Å². The third-order valence-electron chi connectivity index (χ3n) is 3.62. The number of imide groups is 1. The summed E-state index contributed by atoms with van der Waals surface area (Å²) in [5.41, 5.74) is 2.50. The molecular weight excluding hydrogens is 336 g/mol. The topological polar surface area (TPSA) is 113 Å². The van der Waals surface area contributed by atoms with Gasteiger partial charge in [0.05, 0.1) is 0 Å². The predicted molar refractivity (Wildman–Crippen MR) is 96.0 cm³/mol. The lowest BCUT2D eigenvalue weighted by Crippen LogP contribution is -2.41. The van der Waals surface area contributed by atoms with Crippen LogP contribution in [0.25, 0.3) is 6.08 Å². The lowest BCUT2D eigenvalue weighted by atomic mass is 10.1. The Morgan fingerprint density at radius 1 is 1.31 bits per heavy atom. The second kappa shape index (κ2) is 10.0. The average molecular weight is 360 g/mol. The fourth-order valence-corrected chi connectivity index (χ4v) is 2.41. The number of urea groups is 1. The lowest BCUT2D eigenvalue weighted by Gasteiger charge is -2.07. The van der Waals surface area contributed by atoms with Gasteiger partial charge in [-0.2, -0.15) is 5.26 Å². The number of amides is 3. The van der Waals surface area contributed by atoms with Crippen molar-refractivity contribution < 1.29 is 19.1 Å². The van der Waals surface area contributed by atoms with Gasteiger partial charge in [-0.1, -0.05) is 6.92 Å². The third-order valence-corrected chi connectivity index (χ3v) is 3.62. The van der Waals surface area contributed by atoms with E-state index in [9.17, 15) is 19.6 Å². The Hall–Kier alpha value is -3.08. The summed E-state index contributed by atoms with van der Waals surface area (Å²) in [5.74, 6) is -1.69. The van der Waals surface area contributed by atoms with Crippen LogP contribution in [-0.4, -0.2) is 35.6 Å². The molecule has 0 fully saturated rings. The van der Waals surface area contributed by atoms with Gasteiger partial charge in [0, 0.05) is 24.5 Å². The van der Waals surface area contributed by atoms with Gasteiger partial charge in [-0.3, -0.25) is 10.1 Å². The summed E-state index contributed by atoms with van der Waals surface area (Å²) in [5, 5.41) is 13.6. The van der Waals surface area contributed by atoms with Crippen LogP contribution in [0.3, 0.4) is 0 Å². The van der Waals surface area contributed by atoms with E-state index in [1.807, 2.05) is 25.2 Å². The van der Waals surface area contributed by atoms with E-state index in [1.54, 1.807) is 13.0 Å². The lowest BCUT2D eigenvalue weighted by molar-refractivity contribution is -0.144. The maximum Gasteiger partial charge on any atom is 0.349 e. The molecule has 2 N–H and O–H groups in total. The van der Waals surface area contributed by atoms with Crippen molar-refractivity contribution in [2.45, 2.75) is 40.7 Å². The first kappa shape index (κ1) is 21.0. The second-order valence-electron chi connectivity index (χ2n) is 5.63. The zero-order valence-corrected chi connectivity index (χ0v) is 15.5. The van der Waals surface area contributed by atoms with Crippen molar-refractivity contribution in [3.05, 3.63) is 28.6 Å². The average Bonchev–Trinajstić information content (AvgIpc) is 2.85. The number of aryl methyl sites for hydroxylation is 1. The molecule has 140 valence electrons. The van der Waals surface area contributed by atoms with Crippen LogP contribution < -0.4 is 10.6 Å². The molecule has 0 aromatic carbocycles. The Morgan fingerprint density at radius 2 is 2.00 bits per heavy atom. The van der Waals surface area contributed by atoms with Crippen LogP contribution >= 0.6 is 0 Å². The van der Waals surface area contributed by atoms with Gasteiger partial charge in [-0.05, 0) is 44.9 Å². The summed E-state index contributed by atoms with van der Waals surface area (Å²) < 4.78 is 6.91. The van der Waals surface area contributed by atoms with Crippen molar-refractivity contribution in [2.75, 3.05) is 13.2 Å².